The van der Waals surface area contributed by atoms with Crippen LogP contribution >= 0.6 is 0 Å². The summed E-state index contributed by atoms with van der Waals surface area (Å²) < 4.78 is 0. The van der Waals surface area contributed by atoms with Crippen molar-refractivity contribution in [2.75, 3.05) is 11.6 Å². The topological polar surface area (TPSA) is 111 Å². The smallest absolute Gasteiger partial charge is 0.328 e. The largest absolute Gasteiger partial charge is 0.481 e. The molecule has 1 amide bonds. The molecule has 1 saturated heterocycles. The Morgan fingerprint density at radius 1 is 1.12 bits per heavy atom. The molecule has 3 rings (SSSR count). The minimum atomic E-state index is -1.06. The van der Waals surface area contributed by atoms with Gasteiger partial charge in [0.15, 0.2) is 6.04 Å². The number of benzene rings is 1. The minimum absolute atomic E-state index is 0.00990. The molecule has 1 aromatic carbocycles. The third-order valence-corrected chi connectivity index (χ3v) is 5.03. The average molecular weight is 359 g/mol. The zero-order chi connectivity index (χ0) is 18.8. The Hall–Kier alpha value is -2.90. The summed E-state index contributed by atoms with van der Waals surface area (Å²) in [7, 11) is 0. The predicted molar refractivity (Wildman–Crippen MR) is 93.9 cm³/mol. The van der Waals surface area contributed by atoms with E-state index in [2.05, 4.69) is 5.10 Å². The van der Waals surface area contributed by atoms with Gasteiger partial charge >= 0.3 is 11.9 Å². The highest BCUT2D eigenvalue weighted by Crippen LogP contribution is 2.28. The van der Waals surface area contributed by atoms with Crippen LogP contribution in [0.2, 0.25) is 0 Å². The van der Waals surface area contributed by atoms with Crippen molar-refractivity contribution in [2.45, 2.75) is 38.3 Å². The Morgan fingerprint density at radius 2 is 1.81 bits per heavy atom. The third-order valence-electron chi connectivity index (χ3n) is 5.03. The van der Waals surface area contributed by atoms with Crippen molar-refractivity contribution in [3.63, 3.8) is 0 Å². The second-order valence-corrected chi connectivity index (χ2v) is 6.61. The van der Waals surface area contributed by atoms with Crippen LogP contribution < -0.4 is 5.01 Å². The molecule has 0 radical (unpaired) electrons. The Balaban J connectivity index is 1.85. The number of anilines is 1. The molecule has 0 aromatic heterocycles. The number of amides is 1. The monoisotopic (exact) mass is 359 g/mol. The van der Waals surface area contributed by atoms with E-state index in [1.165, 1.54) is 9.91 Å². The molecule has 0 spiro atoms. The lowest BCUT2D eigenvalue weighted by Gasteiger charge is -2.37. The van der Waals surface area contributed by atoms with E-state index >= 15 is 0 Å². The number of piperidine rings is 1. The van der Waals surface area contributed by atoms with Gasteiger partial charge in [0.05, 0.1) is 11.6 Å². The zero-order valence-electron chi connectivity index (χ0n) is 14.4. The number of carbonyl (C=O) groups excluding carboxylic acids is 1. The summed E-state index contributed by atoms with van der Waals surface area (Å²) in [6.07, 6.45) is 1.12. The van der Waals surface area contributed by atoms with Crippen molar-refractivity contribution in [1.82, 2.24) is 4.90 Å². The van der Waals surface area contributed by atoms with Gasteiger partial charge in [-0.3, -0.25) is 14.6 Å². The maximum atomic E-state index is 12.9. The van der Waals surface area contributed by atoms with Gasteiger partial charge in [-0.25, -0.2) is 4.79 Å². The summed E-state index contributed by atoms with van der Waals surface area (Å²) in [5, 5.41) is 24.4. The van der Waals surface area contributed by atoms with Gasteiger partial charge in [-0.05, 0) is 31.9 Å². The summed E-state index contributed by atoms with van der Waals surface area (Å²) >= 11 is 0. The summed E-state index contributed by atoms with van der Waals surface area (Å²) in [5.74, 6) is -2.98. The Labute approximate surface area is 150 Å². The van der Waals surface area contributed by atoms with Gasteiger partial charge in [-0.1, -0.05) is 18.2 Å². The molecular formula is C18H21N3O5. The van der Waals surface area contributed by atoms with Gasteiger partial charge in [0.1, 0.15) is 5.71 Å². The van der Waals surface area contributed by atoms with Crippen LogP contribution in [-0.4, -0.2) is 57.3 Å². The van der Waals surface area contributed by atoms with Crippen LogP contribution in [0.25, 0.3) is 0 Å². The molecule has 0 bridgehead atoms. The van der Waals surface area contributed by atoms with Crippen molar-refractivity contribution < 1.29 is 24.6 Å². The number of hydrazone groups is 1. The second-order valence-electron chi connectivity index (χ2n) is 6.61. The number of carboxylic acid groups (broad SMARTS) is 2. The fourth-order valence-corrected chi connectivity index (χ4v) is 3.58. The molecule has 26 heavy (non-hydrogen) atoms. The van der Waals surface area contributed by atoms with Gasteiger partial charge in [-0.2, -0.15) is 5.10 Å². The highest BCUT2D eigenvalue weighted by atomic mass is 16.4. The molecule has 8 heteroatoms. The first-order valence-corrected chi connectivity index (χ1v) is 8.58. The highest BCUT2D eigenvalue weighted by molar-refractivity contribution is 6.40. The lowest BCUT2D eigenvalue weighted by molar-refractivity contribution is -0.147. The average Bonchev–Trinajstić information content (AvgIpc) is 3.07. The number of rotatable bonds is 4. The van der Waals surface area contributed by atoms with Crippen LogP contribution in [0.15, 0.2) is 35.4 Å². The number of nitrogens with zero attached hydrogens (tertiary/aromatic N) is 3. The molecule has 1 aromatic rings. The Morgan fingerprint density at radius 3 is 2.42 bits per heavy atom. The van der Waals surface area contributed by atoms with E-state index in [1.807, 2.05) is 6.07 Å². The van der Waals surface area contributed by atoms with Crippen molar-refractivity contribution >= 4 is 29.2 Å². The van der Waals surface area contributed by atoms with Crippen molar-refractivity contribution in [3.05, 3.63) is 30.3 Å². The fourth-order valence-electron chi connectivity index (χ4n) is 3.58. The van der Waals surface area contributed by atoms with Crippen LogP contribution in [0.5, 0.6) is 0 Å². The van der Waals surface area contributed by atoms with E-state index in [9.17, 15) is 24.6 Å². The van der Waals surface area contributed by atoms with Crippen LogP contribution in [0, 0.1) is 5.92 Å². The summed E-state index contributed by atoms with van der Waals surface area (Å²) in [6.45, 7) is 2.17. The fraction of sp³-hybridized carbons (Fsp3) is 0.444. The number of likely N-dealkylation sites (tertiary alicyclic amines) is 1. The second kappa shape index (κ2) is 7.15. The number of hydrogen-bond acceptors (Lipinski definition) is 5. The Kier molecular flexibility index (Phi) is 4.92. The van der Waals surface area contributed by atoms with Gasteiger partial charge in [0.2, 0.25) is 0 Å². The maximum absolute atomic E-state index is 12.9. The van der Waals surface area contributed by atoms with E-state index in [0.717, 1.165) is 0 Å². The van der Waals surface area contributed by atoms with Crippen LogP contribution in [0.3, 0.4) is 0 Å². The number of carboxylic acids is 2. The van der Waals surface area contributed by atoms with Gasteiger partial charge in [0, 0.05) is 19.0 Å². The van der Waals surface area contributed by atoms with Gasteiger partial charge in [-0.15, -0.1) is 0 Å². The first kappa shape index (κ1) is 17.9. The molecule has 1 fully saturated rings. The first-order valence-electron chi connectivity index (χ1n) is 8.58. The predicted octanol–water partition coefficient (Wildman–Crippen LogP) is 1.42. The standard InChI is InChI=1S/C18H21N3O5/c1-11-13(17(23)24)8-5-9-20(11)16(22)14-10-15(18(25)26)21(19-14)12-6-3-2-4-7-12/h2-4,6-7,11,13,15H,5,8-10H2,1H3,(H,23,24)(H,25,26)/t11-,13-,15?/m1/s1. The third kappa shape index (κ3) is 3.26. The van der Waals surface area contributed by atoms with Gasteiger partial charge < -0.3 is 15.1 Å². The number of para-hydroxylation sites is 1. The molecular weight excluding hydrogens is 338 g/mol. The zero-order valence-corrected chi connectivity index (χ0v) is 14.4. The first-order chi connectivity index (χ1) is 12.4. The maximum Gasteiger partial charge on any atom is 0.328 e. The molecule has 2 heterocycles. The summed E-state index contributed by atoms with van der Waals surface area (Å²) in [6, 6.07) is 7.42. The van der Waals surface area contributed by atoms with Crippen molar-refractivity contribution in [1.29, 1.82) is 0 Å². The normalized spacial score (nSPS) is 25.7. The molecule has 8 nitrogen and oxygen atoms in total. The van der Waals surface area contributed by atoms with E-state index in [-0.39, 0.29) is 18.0 Å². The molecule has 2 N–H and O–H groups in total. The molecule has 0 aliphatic carbocycles. The van der Waals surface area contributed by atoms with Gasteiger partial charge in [0.25, 0.3) is 5.91 Å². The molecule has 2 aliphatic rings. The summed E-state index contributed by atoms with van der Waals surface area (Å²) in [4.78, 5) is 37.4. The van der Waals surface area contributed by atoms with E-state index in [4.69, 9.17) is 0 Å². The number of aliphatic carboxylic acids is 2. The highest BCUT2D eigenvalue weighted by Gasteiger charge is 2.41. The molecule has 1 unspecified atom stereocenters. The molecule has 2 aliphatic heterocycles. The molecule has 138 valence electrons. The van der Waals surface area contributed by atoms with E-state index < -0.39 is 29.9 Å². The lowest BCUT2D eigenvalue weighted by atomic mass is 9.90. The van der Waals surface area contributed by atoms with Crippen LogP contribution in [-0.2, 0) is 14.4 Å². The summed E-state index contributed by atoms with van der Waals surface area (Å²) in [5.41, 5.74) is 0.747. The number of hydrogen-bond donors (Lipinski definition) is 2. The van der Waals surface area contributed by atoms with Crippen molar-refractivity contribution in [3.8, 4) is 0 Å². The van der Waals surface area contributed by atoms with Crippen LogP contribution in [0.4, 0.5) is 5.69 Å². The van der Waals surface area contributed by atoms with Crippen molar-refractivity contribution in [2.24, 2.45) is 11.0 Å². The van der Waals surface area contributed by atoms with E-state index in [1.54, 1.807) is 31.2 Å². The number of carbonyl (C=O) groups is 3. The molecule has 3 atom stereocenters. The van der Waals surface area contributed by atoms with E-state index in [0.29, 0.717) is 25.1 Å². The quantitative estimate of drug-likeness (QED) is 0.841. The SMILES string of the molecule is C[C@@H]1[C@H](C(=O)O)CCCN1C(=O)C1=NN(c2ccccc2)C(C(=O)O)C1. The van der Waals surface area contributed by atoms with Crippen LogP contribution in [0.1, 0.15) is 26.2 Å². The minimum Gasteiger partial charge on any atom is -0.481 e. The lowest BCUT2D eigenvalue weighted by Crippen LogP contribution is -2.51. The Bertz CT molecular complexity index is 748. The molecule has 0 saturated carbocycles.